The molecule has 0 fully saturated rings. The van der Waals surface area contributed by atoms with Gasteiger partial charge in [-0.2, -0.15) is 0 Å². The fourth-order valence-electron chi connectivity index (χ4n) is 6.09. The molecule has 0 amide bonds. The van der Waals surface area contributed by atoms with E-state index in [0.717, 1.165) is 84.9 Å². The summed E-state index contributed by atoms with van der Waals surface area (Å²) in [6.07, 6.45) is 0. The molecule has 0 aromatic heterocycles. The van der Waals surface area contributed by atoms with Crippen LogP contribution in [0.5, 0.6) is 5.75 Å². The summed E-state index contributed by atoms with van der Waals surface area (Å²) in [5, 5.41) is 11.6. The molecule has 6 aromatic rings. The third-order valence-corrected chi connectivity index (χ3v) is 30.2. The molecule has 0 saturated heterocycles. The van der Waals surface area contributed by atoms with E-state index in [0.29, 0.717) is 5.75 Å². The van der Waals surface area contributed by atoms with Gasteiger partial charge in [0.05, 0.1) is 50.9 Å². The summed E-state index contributed by atoms with van der Waals surface area (Å²) in [6, 6.07) is 27.3. The fourth-order valence-corrected chi connectivity index (χ4v) is 20.5. The first-order valence-electron chi connectivity index (χ1n) is 23.5. The van der Waals surface area contributed by atoms with Gasteiger partial charge in [-0.15, -0.1) is 19.2 Å². The normalized spacial score (nSPS) is 12.1. The maximum atomic E-state index is 12.5. The number of non-ortho nitro benzene ring substituents is 1. The minimum absolute atomic E-state index is 0.222. The number of sulfone groups is 8. The predicted octanol–water partition coefficient (Wildman–Crippen LogP) is 8.09. The van der Waals surface area contributed by atoms with Crippen molar-refractivity contribution in [1.82, 2.24) is 0 Å². The van der Waals surface area contributed by atoms with E-state index in [1.54, 1.807) is 0 Å². The Morgan fingerprint density at radius 2 is 0.539 bits per heavy atom. The van der Waals surface area contributed by atoms with Crippen molar-refractivity contribution < 1.29 is 96.2 Å². The molecule has 0 aliphatic rings. The largest absolute Gasteiger partial charge is 0.504 e. The average molecular weight is 1460 g/mol. The zero-order valence-corrected chi connectivity index (χ0v) is 56.0. The smallest absolute Gasteiger partial charge is 0.497 e. The first kappa shape index (κ1) is 76.0. The van der Waals surface area contributed by atoms with E-state index in [9.17, 15) is 77.5 Å². The number of nitro groups is 1. The lowest BCUT2D eigenvalue weighted by atomic mass is 10.3. The summed E-state index contributed by atoms with van der Waals surface area (Å²) < 4.78 is 194. The van der Waals surface area contributed by atoms with Gasteiger partial charge >= 0.3 is 17.5 Å². The highest BCUT2D eigenvalue weighted by Crippen LogP contribution is 2.29. The van der Waals surface area contributed by atoms with Crippen molar-refractivity contribution in [2.24, 2.45) is 0 Å². The van der Waals surface area contributed by atoms with E-state index < -0.39 is 120 Å². The molecule has 28 nitrogen and oxygen atoms in total. The molecule has 0 aliphatic heterocycles. The molecule has 0 unspecified atom stereocenters. The number of hydrogen-bond acceptors (Lipinski definition) is 19. The van der Waals surface area contributed by atoms with E-state index in [-0.39, 0.29) is 45.4 Å². The Labute approximate surface area is 531 Å². The summed E-state index contributed by atoms with van der Waals surface area (Å²) in [7, 11) is -34.7. The van der Waals surface area contributed by atoms with Gasteiger partial charge in [-0.3, -0.25) is 10.1 Å². The van der Waals surface area contributed by atoms with Crippen molar-refractivity contribution in [2.45, 2.75) is 80.4 Å². The highest BCUT2D eigenvalue weighted by Gasteiger charge is 2.53. The molecule has 6 aromatic carbocycles. The minimum atomic E-state index is -4.75. The van der Waals surface area contributed by atoms with Crippen molar-refractivity contribution in [3.8, 4) is 5.75 Å². The average Bonchev–Trinajstić information content (AvgIpc) is 1.24. The highest BCUT2D eigenvalue weighted by molar-refractivity contribution is 8.32. The summed E-state index contributed by atoms with van der Waals surface area (Å²) in [5.74, 6) is 0.386. The van der Waals surface area contributed by atoms with Crippen molar-refractivity contribution in [3.05, 3.63) is 198 Å². The van der Waals surface area contributed by atoms with Crippen LogP contribution in [0, 0.1) is 10.1 Å². The van der Waals surface area contributed by atoms with Gasteiger partial charge in [0.15, 0.2) is 0 Å². The van der Waals surface area contributed by atoms with Crippen LogP contribution in [0.4, 0.5) is 5.69 Å². The second-order valence-electron chi connectivity index (χ2n) is 19.0. The molecule has 0 spiro atoms. The summed E-state index contributed by atoms with van der Waals surface area (Å²) in [4.78, 5) is 17.4. The Morgan fingerprint density at radius 1 is 0.360 bits per heavy atom. The van der Waals surface area contributed by atoms with Gasteiger partial charge in [0.1, 0.15) is 5.75 Å². The van der Waals surface area contributed by atoms with Gasteiger partial charge in [-0.1, -0.05) is 46.4 Å². The Hall–Kier alpha value is -7.20. The zero-order chi connectivity index (χ0) is 68.3. The molecular weight excluding hydrogens is 1420 g/mol. The molecule has 89 heavy (non-hydrogen) atoms. The van der Waals surface area contributed by atoms with E-state index in [2.05, 4.69) is 19.2 Å². The number of hydrogen-bond donors (Lipinski definition) is 0. The van der Waals surface area contributed by atoms with Crippen molar-refractivity contribution in [3.63, 3.8) is 0 Å². The van der Waals surface area contributed by atoms with Crippen LogP contribution in [0.15, 0.2) is 175 Å². The number of halogens is 4. The van der Waals surface area contributed by atoms with Gasteiger partial charge in [-0.05, 0) is 175 Å². The molecule has 0 saturated carbocycles. The molecule has 0 atom stereocenters. The van der Waals surface area contributed by atoms with Crippen LogP contribution < -0.4 is 4.74 Å². The molecule has 0 aliphatic carbocycles. The number of rotatable bonds is 8. The number of benzene rings is 6. The van der Waals surface area contributed by atoms with E-state index >= 15 is 0 Å². The number of nitro benzene ring substituents is 1. The highest BCUT2D eigenvalue weighted by atomic mass is 35.5. The topological polar surface area (TPSA) is 471 Å². The van der Waals surface area contributed by atoms with Crippen LogP contribution >= 0.6 is 46.4 Å². The minimum Gasteiger partial charge on any atom is -0.497 e. The lowest BCUT2D eigenvalue weighted by molar-refractivity contribution is -0.384. The van der Waals surface area contributed by atoms with E-state index in [1.165, 1.54) is 109 Å². The van der Waals surface area contributed by atoms with Crippen LogP contribution in [-0.2, 0) is 78.7 Å². The van der Waals surface area contributed by atoms with Crippen LogP contribution in [0.1, 0.15) is 41.5 Å². The van der Waals surface area contributed by atoms with Gasteiger partial charge < -0.3 is 26.9 Å². The molecule has 6 rings (SSSR count). The Kier molecular flexibility index (Phi) is 24.9. The van der Waals surface area contributed by atoms with Gasteiger partial charge in [0.25, 0.3) is 84.4 Å². The standard InChI is InChI=1S/C14H11ClN2O5S2.C13H8Cl2N2O4S2.C13H8ClN3O6S2.C9H18N2O4S2/c1-22-11-4-8-13(9-5-11)24(20,21)14(17-16)23(18,19)12-6-2-10(15)3-7-12;14-9-1-5-11(6-2-9)22(18,19)13(17-16)23(20,21)12-7-3-10(15)4-8-12;14-9-1-5-11(6-2-9)24(20,21)13(16-15)25(22,23)12-7-3-10(4-8-12)17(18)19;1-8(2,3)16(12,13)7(11-10)17(14,15)9(4,5)6/h2-9H,1H3;1-8H;1-8H;1-6H3. The quantitative estimate of drug-likeness (QED) is 0.0347. The van der Waals surface area contributed by atoms with Crippen LogP contribution in [0.3, 0.4) is 0 Å². The van der Waals surface area contributed by atoms with Crippen molar-refractivity contribution in [1.29, 1.82) is 0 Å². The maximum Gasteiger partial charge on any atom is 0.504 e. The lowest BCUT2D eigenvalue weighted by Crippen LogP contribution is -2.45. The molecule has 40 heteroatoms. The third-order valence-electron chi connectivity index (χ3n) is 11.0. The fraction of sp³-hybridized carbons (Fsp3) is 0.184. The number of ether oxygens (including phenoxy) is 1. The van der Waals surface area contributed by atoms with Crippen LogP contribution in [0.25, 0.3) is 22.1 Å². The van der Waals surface area contributed by atoms with Gasteiger partial charge in [-0.25, -0.2) is 67.3 Å². The predicted molar refractivity (Wildman–Crippen MR) is 327 cm³/mol. The second kappa shape index (κ2) is 29.2. The number of nitrogens with zero attached hydrogens (tertiary/aromatic N) is 9. The Bertz CT molecular complexity index is 4760. The molecule has 0 N–H and O–H groups in total. The first-order valence-corrected chi connectivity index (χ1v) is 36.9. The van der Waals surface area contributed by atoms with E-state index in [4.69, 9.17) is 73.3 Å². The summed E-state index contributed by atoms with van der Waals surface area (Å²) in [6.45, 7) is 8.03. The second-order valence-corrected chi connectivity index (χ2v) is 38.2. The number of methoxy groups -OCH3 is 1. The molecular formula is C49H45Cl4N9O19S8. The van der Waals surface area contributed by atoms with Crippen molar-refractivity contribution in [2.75, 3.05) is 7.11 Å². The first-order chi connectivity index (χ1) is 40.7. The maximum absolute atomic E-state index is 12.5. The van der Waals surface area contributed by atoms with E-state index in [1.807, 2.05) is 0 Å². The zero-order valence-electron chi connectivity index (χ0n) is 46.4. The molecule has 0 radical (unpaired) electrons. The molecule has 476 valence electrons. The molecule has 0 bridgehead atoms. The monoisotopic (exact) mass is 1460 g/mol. The van der Waals surface area contributed by atoms with Crippen LogP contribution in [0.2, 0.25) is 20.1 Å². The third kappa shape index (κ3) is 17.6. The van der Waals surface area contributed by atoms with Gasteiger partial charge in [0.2, 0.25) is 0 Å². The van der Waals surface area contributed by atoms with Crippen molar-refractivity contribution >= 4 is 148 Å². The van der Waals surface area contributed by atoms with Crippen LogP contribution in [-0.4, -0.2) is 126 Å². The molecule has 0 heterocycles. The Morgan fingerprint density at radius 3 is 0.697 bits per heavy atom. The lowest BCUT2D eigenvalue weighted by Gasteiger charge is -2.20. The SMILES string of the molecule is CC(C)(C)S(=O)(=O)C(=[N+]=[N-])S(=O)(=O)C(C)(C)C.COc1ccc(S(=O)(=O)C(=[N+]=[N-])S(=O)(=O)c2ccc(Cl)cc2)cc1.[N-]=[N+]=C(S(=O)(=O)c1ccc(Cl)cc1)S(=O)(=O)c1ccc(Cl)cc1.[N-]=[N+]=C(S(=O)(=O)c1ccc(Cl)cc1)S(=O)(=O)c1ccc([N+](=O)[O-])cc1. The summed E-state index contributed by atoms with van der Waals surface area (Å²) in [5.41, 5.74) is 35.4. The van der Waals surface area contributed by atoms with Gasteiger partial charge in [0, 0.05) is 32.2 Å². The summed E-state index contributed by atoms with van der Waals surface area (Å²) >= 11 is 22.7. The Balaban J connectivity index is 0.000000313.